The van der Waals surface area contributed by atoms with Crippen LogP contribution in [0.2, 0.25) is 5.02 Å². The van der Waals surface area contributed by atoms with Gasteiger partial charge in [0, 0.05) is 43.7 Å². The fraction of sp³-hybridized carbons (Fsp3) is 0.333. The molecule has 8 nitrogen and oxygen atoms in total. The van der Waals surface area contributed by atoms with Crippen LogP contribution in [0.25, 0.3) is 11.0 Å². The van der Waals surface area contributed by atoms with E-state index < -0.39 is 5.91 Å². The van der Waals surface area contributed by atoms with Crippen LogP contribution in [-0.2, 0) is 16.1 Å². The average Bonchev–Trinajstić information content (AvgIpc) is 3.06. The Morgan fingerprint density at radius 2 is 1.62 bits per heavy atom. The normalized spacial score (nSPS) is 15.4. The number of aryl methyl sites for hydroxylation is 1. The highest BCUT2D eigenvalue weighted by atomic mass is 35.5. The molecule has 2 saturated heterocycles. The van der Waals surface area contributed by atoms with Crippen molar-refractivity contribution in [1.82, 2.24) is 15.1 Å². The molecular weight excluding hydrogens is 590 g/mol. The smallest absolute Gasteiger partial charge is 0.287 e. The summed E-state index contributed by atoms with van der Waals surface area (Å²) in [6.45, 7) is 4.53. The van der Waals surface area contributed by atoms with E-state index in [1.807, 2.05) is 48.2 Å². The van der Waals surface area contributed by atoms with E-state index >= 15 is 0 Å². The number of carbonyl (C=O) groups is 3. The first-order valence-corrected chi connectivity index (χ1v) is 15.8. The quantitative estimate of drug-likeness (QED) is 0.279. The third kappa shape index (κ3) is 8.39. The lowest BCUT2D eigenvalue weighted by Crippen LogP contribution is -2.44. The van der Waals surface area contributed by atoms with Gasteiger partial charge in [-0.05, 0) is 73.9 Å². The zero-order valence-corrected chi connectivity index (χ0v) is 26.2. The number of halogens is 1. The maximum atomic E-state index is 12.8. The number of rotatable bonds is 6. The number of para-hydroxylation sites is 1. The largest absolute Gasteiger partial charge is 0.451 e. The number of fused-ring (bicyclic) bond motifs is 1. The number of hydrogen-bond acceptors (Lipinski definition) is 5. The van der Waals surface area contributed by atoms with Crippen LogP contribution in [0.15, 0.2) is 88.1 Å². The fourth-order valence-corrected chi connectivity index (χ4v) is 5.98. The highest BCUT2D eigenvalue weighted by Gasteiger charge is 2.27. The van der Waals surface area contributed by atoms with Crippen LogP contribution in [0.3, 0.4) is 0 Å². The molecule has 3 heterocycles. The zero-order chi connectivity index (χ0) is 31.8. The summed E-state index contributed by atoms with van der Waals surface area (Å²) >= 11 is 5.61. The lowest BCUT2D eigenvalue weighted by Gasteiger charge is -2.34. The summed E-state index contributed by atoms with van der Waals surface area (Å²) in [6.07, 6.45) is 4.30. The number of nitrogens with zero attached hydrogens (tertiary/aromatic N) is 2. The molecule has 1 N–H and O–H groups in total. The molecule has 3 aromatic carbocycles. The van der Waals surface area contributed by atoms with Crippen molar-refractivity contribution >= 4 is 40.3 Å². The van der Waals surface area contributed by atoms with Gasteiger partial charge in [-0.25, -0.2) is 0 Å². The van der Waals surface area contributed by atoms with Gasteiger partial charge in [0.05, 0.1) is 11.9 Å². The minimum Gasteiger partial charge on any atom is -0.451 e. The van der Waals surface area contributed by atoms with E-state index in [0.717, 1.165) is 43.3 Å². The van der Waals surface area contributed by atoms with Crippen LogP contribution >= 0.6 is 11.6 Å². The number of carbonyl (C=O) groups excluding carboxylic acids is 3. The number of hydrogen-bond donors (Lipinski definition) is 1. The Balaban J connectivity index is 0.000000436. The van der Waals surface area contributed by atoms with Crippen LogP contribution < -0.4 is 10.7 Å². The summed E-state index contributed by atoms with van der Waals surface area (Å²) in [5.74, 6) is -0.318. The lowest BCUT2D eigenvalue weighted by molar-refractivity contribution is -0.134. The number of nitrogens with one attached hydrogen (secondary N) is 1. The SMILES string of the molecule is Cc1ccc(Cl)cc1.O=C(NCC(=O)N1CCC(c2ccccc2CN2CCCCC2=O)CC1)c1cc(=O)c2ccccc2o1. The van der Waals surface area contributed by atoms with E-state index in [1.165, 1.54) is 16.7 Å². The van der Waals surface area contributed by atoms with Crippen LogP contribution in [0, 0.1) is 6.92 Å². The van der Waals surface area contributed by atoms with Crippen molar-refractivity contribution < 1.29 is 18.8 Å². The van der Waals surface area contributed by atoms with Gasteiger partial charge in [0.2, 0.25) is 11.8 Å². The summed E-state index contributed by atoms with van der Waals surface area (Å²) in [6, 6.07) is 23.9. The molecule has 2 aliphatic heterocycles. The van der Waals surface area contributed by atoms with Gasteiger partial charge in [-0.15, -0.1) is 0 Å². The van der Waals surface area contributed by atoms with Crippen molar-refractivity contribution in [3.05, 3.63) is 117 Å². The van der Waals surface area contributed by atoms with E-state index in [-0.39, 0.29) is 29.5 Å². The monoisotopic (exact) mass is 627 g/mol. The van der Waals surface area contributed by atoms with Crippen molar-refractivity contribution in [2.24, 2.45) is 0 Å². The maximum Gasteiger partial charge on any atom is 0.287 e. The molecule has 1 aromatic heterocycles. The Labute approximate surface area is 268 Å². The predicted molar refractivity (Wildman–Crippen MR) is 175 cm³/mol. The molecule has 6 rings (SSSR count). The standard InChI is InChI=1S/C29H31N3O5.C7H7Cl/c33-24-17-26(37-25-10-4-3-9-23(24)25)29(36)30-18-28(35)31-15-12-20(13-16-31)22-8-2-1-7-21(22)19-32-14-6-5-11-27(32)34;1-6-2-4-7(8)5-3-6/h1-4,7-10,17,20H,5-6,11-16,18-19H2,(H,30,36);2-5H,1H3. The topological polar surface area (TPSA) is 99.9 Å². The first kappa shape index (κ1) is 32.0. The van der Waals surface area contributed by atoms with Crippen molar-refractivity contribution in [2.75, 3.05) is 26.2 Å². The van der Waals surface area contributed by atoms with Gasteiger partial charge in [0.25, 0.3) is 5.91 Å². The maximum absolute atomic E-state index is 12.8. The summed E-state index contributed by atoms with van der Waals surface area (Å²) in [5, 5.41) is 3.80. The molecule has 45 heavy (non-hydrogen) atoms. The Kier molecular flexibility index (Phi) is 10.7. The second-order valence-corrected chi connectivity index (χ2v) is 12.0. The van der Waals surface area contributed by atoms with Gasteiger partial charge in [-0.1, -0.05) is 65.7 Å². The minimum atomic E-state index is -0.590. The summed E-state index contributed by atoms with van der Waals surface area (Å²) < 4.78 is 5.56. The highest BCUT2D eigenvalue weighted by molar-refractivity contribution is 6.30. The van der Waals surface area contributed by atoms with Gasteiger partial charge in [-0.3, -0.25) is 19.2 Å². The van der Waals surface area contributed by atoms with E-state index in [2.05, 4.69) is 17.4 Å². The third-order valence-electron chi connectivity index (χ3n) is 8.39. The second-order valence-electron chi connectivity index (χ2n) is 11.6. The molecule has 2 aliphatic rings. The van der Waals surface area contributed by atoms with E-state index in [0.29, 0.717) is 42.9 Å². The first-order valence-electron chi connectivity index (χ1n) is 15.4. The molecule has 0 bridgehead atoms. The van der Waals surface area contributed by atoms with Crippen LogP contribution in [0.1, 0.15) is 65.3 Å². The summed E-state index contributed by atoms with van der Waals surface area (Å²) in [7, 11) is 0. The van der Waals surface area contributed by atoms with E-state index in [9.17, 15) is 19.2 Å². The minimum absolute atomic E-state index is 0.112. The molecule has 0 spiro atoms. The molecule has 0 radical (unpaired) electrons. The van der Waals surface area contributed by atoms with Crippen LogP contribution in [0.5, 0.6) is 0 Å². The molecule has 3 amide bonds. The molecule has 0 aliphatic carbocycles. The Bertz CT molecular complexity index is 1690. The van der Waals surface area contributed by atoms with Gasteiger partial charge >= 0.3 is 0 Å². The number of likely N-dealkylation sites (tertiary alicyclic amines) is 2. The molecular formula is C36H38ClN3O5. The van der Waals surface area contributed by atoms with Crippen molar-refractivity contribution in [2.45, 2.75) is 51.5 Å². The van der Waals surface area contributed by atoms with Gasteiger partial charge in [-0.2, -0.15) is 0 Å². The average molecular weight is 628 g/mol. The molecule has 2 fully saturated rings. The fourth-order valence-electron chi connectivity index (χ4n) is 5.85. The lowest BCUT2D eigenvalue weighted by atomic mass is 9.86. The Hall–Kier alpha value is -4.43. The van der Waals surface area contributed by atoms with Crippen molar-refractivity contribution in [3.8, 4) is 0 Å². The molecule has 4 aromatic rings. The van der Waals surface area contributed by atoms with E-state index in [4.69, 9.17) is 16.0 Å². The first-order chi connectivity index (χ1) is 21.8. The van der Waals surface area contributed by atoms with Crippen LogP contribution in [0.4, 0.5) is 0 Å². The van der Waals surface area contributed by atoms with Crippen molar-refractivity contribution in [3.63, 3.8) is 0 Å². The predicted octanol–water partition coefficient (Wildman–Crippen LogP) is 6.09. The second kappa shape index (κ2) is 15.0. The van der Waals surface area contributed by atoms with Gasteiger partial charge in [0.15, 0.2) is 11.2 Å². The molecule has 9 heteroatoms. The van der Waals surface area contributed by atoms with Gasteiger partial charge < -0.3 is 19.5 Å². The van der Waals surface area contributed by atoms with Gasteiger partial charge in [0.1, 0.15) is 5.58 Å². The summed E-state index contributed by atoms with van der Waals surface area (Å²) in [5.41, 5.74) is 3.72. The molecule has 0 atom stereocenters. The zero-order valence-electron chi connectivity index (χ0n) is 25.5. The Morgan fingerprint density at radius 1 is 0.911 bits per heavy atom. The number of amides is 3. The third-order valence-corrected chi connectivity index (χ3v) is 8.65. The molecule has 234 valence electrons. The van der Waals surface area contributed by atoms with Crippen LogP contribution in [-0.4, -0.2) is 53.7 Å². The number of piperidine rings is 2. The van der Waals surface area contributed by atoms with Crippen molar-refractivity contribution in [1.29, 1.82) is 0 Å². The summed E-state index contributed by atoms with van der Waals surface area (Å²) in [4.78, 5) is 53.6. The molecule has 0 unspecified atom stereocenters. The van der Waals surface area contributed by atoms with E-state index in [1.54, 1.807) is 29.2 Å². The Morgan fingerprint density at radius 3 is 2.36 bits per heavy atom. The number of benzene rings is 3. The molecule has 0 saturated carbocycles. The highest BCUT2D eigenvalue weighted by Crippen LogP contribution is 2.31.